The molecule has 5 nitrogen and oxygen atoms in total. The second-order valence-corrected chi connectivity index (χ2v) is 8.34. The number of rotatable bonds is 4. The number of anilines is 1. The highest BCUT2D eigenvalue weighted by Gasteiger charge is 2.38. The molecule has 0 aromatic heterocycles. The molecule has 0 radical (unpaired) electrons. The van der Waals surface area contributed by atoms with Crippen LogP contribution < -0.4 is 9.64 Å². The number of piperidine rings is 1. The normalized spacial score (nSPS) is 19.7. The Bertz CT molecular complexity index is 1000. The van der Waals surface area contributed by atoms with Crippen LogP contribution in [0.4, 0.5) is 14.5 Å². The quantitative estimate of drug-likeness (QED) is 0.740. The first kappa shape index (κ1) is 21.3. The number of hydrogen-bond acceptors (Lipinski definition) is 3. The standard InChI is InChI=1S/C24H26F2N2O3/c1-15-4-3-5-21(16(15)2)28-14-17(12-23(28)29)24(30)27-10-8-19(9-11-27)31-22-7-6-18(25)13-20(22)26/h3-7,13,17,19H,8-12,14H2,1-2H3. The number of ether oxygens (including phenoxy) is 1. The Hall–Kier alpha value is -2.96. The van der Waals surface area contributed by atoms with Crippen molar-refractivity contribution in [3.8, 4) is 5.75 Å². The molecule has 2 aliphatic rings. The molecule has 31 heavy (non-hydrogen) atoms. The van der Waals surface area contributed by atoms with Crippen LogP contribution in [-0.2, 0) is 9.59 Å². The van der Waals surface area contributed by atoms with Gasteiger partial charge in [-0.2, -0.15) is 0 Å². The van der Waals surface area contributed by atoms with Crippen molar-refractivity contribution in [3.05, 3.63) is 59.2 Å². The van der Waals surface area contributed by atoms with Gasteiger partial charge in [0.25, 0.3) is 0 Å². The fourth-order valence-corrected chi connectivity index (χ4v) is 4.34. The van der Waals surface area contributed by atoms with E-state index in [1.807, 2.05) is 32.0 Å². The zero-order valence-electron chi connectivity index (χ0n) is 17.7. The van der Waals surface area contributed by atoms with Crippen molar-refractivity contribution in [1.82, 2.24) is 4.90 Å². The predicted octanol–water partition coefficient (Wildman–Crippen LogP) is 4.00. The van der Waals surface area contributed by atoms with Crippen LogP contribution in [0.1, 0.15) is 30.4 Å². The first-order chi connectivity index (χ1) is 14.8. The number of nitrogens with zero attached hydrogens (tertiary/aromatic N) is 2. The zero-order valence-corrected chi connectivity index (χ0v) is 17.7. The first-order valence-electron chi connectivity index (χ1n) is 10.6. The van der Waals surface area contributed by atoms with Gasteiger partial charge in [-0.05, 0) is 43.2 Å². The summed E-state index contributed by atoms with van der Waals surface area (Å²) in [7, 11) is 0. The van der Waals surface area contributed by atoms with E-state index >= 15 is 0 Å². The maximum absolute atomic E-state index is 13.8. The van der Waals surface area contributed by atoms with Crippen LogP contribution in [0.2, 0.25) is 0 Å². The van der Waals surface area contributed by atoms with Crippen molar-refractivity contribution in [1.29, 1.82) is 0 Å². The largest absolute Gasteiger partial charge is 0.487 e. The van der Waals surface area contributed by atoms with Gasteiger partial charge >= 0.3 is 0 Å². The van der Waals surface area contributed by atoms with Gasteiger partial charge in [0.1, 0.15) is 11.9 Å². The van der Waals surface area contributed by atoms with Gasteiger partial charge in [0.2, 0.25) is 11.8 Å². The van der Waals surface area contributed by atoms with Crippen LogP contribution in [0.5, 0.6) is 5.75 Å². The van der Waals surface area contributed by atoms with Gasteiger partial charge in [0.05, 0.1) is 5.92 Å². The Morgan fingerprint density at radius 2 is 1.84 bits per heavy atom. The van der Waals surface area contributed by atoms with E-state index in [1.165, 1.54) is 6.07 Å². The molecule has 7 heteroatoms. The number of likely N-dealkylation sites (tertiary alicyclic amines) is 1. The van der Waals surface area contributed by atoms with Crippen LogP contribution in [0.25, 0.3) is 0 Å². The molecular weight excluding hydrogens is 402 g/mol. The summed E-state index contributed by atoms with van der Waals surface area (Å²) in [4.78, 5) is 29.1. The third-order valence-electron chi connectivity index (χ3n) is 6.28. The monoisotopic (exact) mass is 428 g/mol. The van der Waals surface area contributed by atoms with Gasteiger partial charge in [-0.3, -0.25) is 9.59 Å². The van der Waals surface area contributed by atoms with E-state index in [4.69, 9.17) is 4.74 Å². The fraction of sp³-hybridized carbons (Fsp3) is 0.417. The summed E-state index contributed by atoms with van der Waals surface area (Å²) < 4.78 is 32.5. The second-order valence-electron chi connectivity index (χ2n) is 8.34. The Labute approximate surface area is 180 Å². The van der Waals surface area contributed by atoms with Crippen molar-refractivity contribution in [3.63, 3.8) is 0 Å². The summed E-state index contributed by atoms with van der Waals surface area (Å²) in [6.07, 6.45) is 1.10. The van der Waals surface area contributed by atoms with E-state index in [2.05, 4.69) is 0 Å². The summed E-state index contributed by atoms with van der Waals surface area (Å²) in [5.41, 5.74) is 3.03. The van der Waals surface area contributed by atoms with Gasteiger partial charge in [-0.25, -0.2) is 8.78 Å². The number of carbonyl (C=O) groups is 2. The molecule has 2 heterocycles. The minimum atomic E-state index is -0.727. The third-order valence-corrected chi connectivity index (χ3v) is 6.28. The topological polar surface area (TPSA) is 49.9 Å². The maximum Gasteiger partial charge on any atom is 0.228 e. The Morgan fingerprint density at radius 1 is 1.10 bits per heavy atom. The van der Waals surface area contributed by atoms with Crippen molar-refractivity contribution in [2.24, 2.45) is 5.92 Å². The van der Waals surface area contributed by atoms with E-state index in [1.54, 1.807) is 9.80 Å². The van der Waals surface area contributed by atoms with Crippen molar-refractivity contribution in [2.45, 2.75) is 39.2 Å². The lowest BCUT2D eigenvalue weighted by Crippen LogP contribution is -2.45. The molecule has 2 amide bonds. The molecule has 0 N–H and O–H groups in total. The van der Waals surface area contributed by atoms with Crippen LogP contribution in [0, 0.1) is 31.4 Å². The van der Waals surface area contributed by atoms with Gasteiger partial charge in [0, 0.05) is 50.7 Å². The Morgan fingerprint density at radius 3 is 2.55 bits per heavy atom. The highest BCUT2D eigenvalue weighted by atomic mass is 19.1. The van der Waals surface area contributed by atoms with Gasteiger partial charge in [-0.15, -0.1) is 0 Å². The van der Waals surface area contributed by atoms with Crippen LogP contribution >= 0.6 is 0 Å². The van der Waals surface area contributed by atoms with Crippen molar-refractivity contribution >= 4 is 17.5 Å². The predicted molar refractivity (Wildman–Crippen MR) is 113 cm³/mol. The maximum atomic E-state index is 13.8. The van der Waals surface area contributed by atoms with Crippen molar-refractivity contribution < 1.29 is 23.1 Å². The van der Waals surface area contributed by atoms with Gasteiger partial charge in [0.15, 0.2) is 11.6 Å². The molecule has 2 aliphatic heterocycles. The first-order valence-corrected chi connectivity index (χ1v) is 10.6. The smallest absolute Gasteiger partial charge is 0.228 e. The molecule has 0 saturated carbocycles. The molecule has 1 unspecified atom stereocenters. The van der Waals surface area contributed by atoms with Crippen LogP contribution in [-0.4, -0.2) is 42.5 Å². The molecule has 2 aromatic rings. The Balaban J connectivity index is 1.35. The van der Waals surface area contributed by atoms with Crippen LogP contribution in [0.3, 0.4) is 0 Å². The minimum Gasteiger partial charge on any atom is -0.487 e. The summed E-state index contributed by atoms with van der Waals surface area (Å²) in [6, 6.07) is 9.10. The molecule has 2 saturated heterocycles. The third kappa shape index (κ3) is 4.40. The molecule has 0 spiro atoms. The summed E-state index contributed by atoms with van der Waals surface area (Å²) in [6.45, 7) is 5.36. The SMILES string of the molecule is Cc1cccc(N2CC(C(=O)N3CCC(Oc4ccc(F)cc4F)CC3)CC2=O)c1C. The highest BCUT2D eigenvalue weighted by Crippen LogP contribution is 2.31. The minimum absolute atomic E-state index is 0.0208. The van der Waals surface area contributed by atoms with E-state index < -0.39 is 11.6 Å². The van der Waals surface area contributed by atoms with Crippen LogP contribution in [0.15, 0.2) is 36.4 Å². The van der Waals surface area contributed by atoms with Gasteiger partial charge < -0.3 is 14.5 Å². The summed E-state index contributed by atoms with van der Waals surface area (Å²) in [5.74, 6) is -1.76. The molecule has 164 valence electrons. The molecule has 0 aliphatic carbocycles. The number of benzene rings is 2. The fourth-order valence-electron chi connectivity index (χ4n) is 4.34. The lowest BCUT2D eigenvalue weighted by molar-refractivity contribution is -0.137. The molecule has 0 bridgehead atoms. The number of halogens is 2. The molecular formula is C24H26F2N2O3. The Kier molecular flexibility index (Phi) is 5.94. The average Bonchev–Trinajstić information content (AvgIpc) is 3.13. The van der Waals surface area contributed by atoms with Crippen molar-refractivity contribution in [2.75, 3.05) is 24.5 Å². The number of carbonyl (C=O) groups excluding carboxylic acids is 2. The average molecular weight is 428 g/mol. The van der Waals surface area contributed by atoms with Gasteiger partial charge in [-0.1, -0.05) is 12.1 Å². The zero-order chi connectivity index (χ0) is 22.1. The lowest BCUT2D eigenvalue weighted by Gasteiger charge is -2.33. The second kappa shape index (κ2) is 8.65. The molecule has 1 atom stereocenters. The van der Waals surface area contributed by atoms with E-state index in [-0.39, 0.29) is 36.0 Å². The molecule has 4 rings (SSSR count). The lowest BCUT2D eigenvalue weighted by atomic mass is 10.0. The number of aryl methyl sites for hydroxylation is 1. The number of hydrogen-bond donors (Lipinski definition) is 0. The van der Waals surface area contributed by atoms with E-state index in [0.717, 1.165) is 28.9 Å². The highest BCUT2D eigenvalue weighted by molar-refractivity contribution is 6.01. The van der Waals surface area contributed by atoms with E-state index in [0.29, 0.717) is 32.5 Å². The molecule has 2 fully saturated rings. The number of amides is 2. The molecule has 2 aromatic carbocycles. The summed E-state index contributed by atoms with van der Waals surface area (Å²) >= 11 is 0. The summed E-state index contributed by atoms with van der Waals surface area (Å²) in [5, 5.41) is 0. The van der Waals surface area contributed by atoms with E-state index in [9.17, 15) is 18.4 Å².